The number of carbonyl (C=O) groups excluding carboxylic acids is 1. The van der Waals surface area contributed by atoms with Crippen LogP contribution in [0.3, 0.4) is 0 Å². The largest absolute Gasteiger partial charge is 0.417 e. The van der Waals surface area contributed by atoms with Crippen molar-refractivity contribution in [3.8, 4) is 6.07 Å². The number of rotatable bonds is 3. The van der Waals surface area contributed by atoms with Crippen LogP contribution in [0.5, 0.6) is 0 Å². The lowest BCUT2D eigenvalue weighted by Gasteiger charge is -2.32. The number of hydrogen-bond donors (Lipinski definition) is 0. The highest BCUT2D eigenvalue weighted by molar-refractivity contribution is 5.90. The predicted octanol–water partition coefficient (Wildman–Crippen LogP) is 4.65. The Kier molecular flexibility index (Phi) is 5.40. The Morgan fingerprint density at radius 2 is 1.80 bits per heavy atom. The molecule has 0 unspecified atom stereocenters. The molecule has 0 N–H and O–H groups in total. The molecule has 1 aliphatic carbocycles. The van der Waals surface area contributed by atoms with Crippen molar-refractivity contribution in [2.75, 3.05) is 0 Å². The van der Waals surface area contributed by atoms with Gasteiger partial charge in [0.1, 0.15) is 5.92 Å². The van der Waals surface area contributed by atoms with Gasteiger partial charge in [-0.25, -0.2) is 0 Å². The van der Waals surface area contributed by atoms with E-state index in [0.29, 0.717) is 25.1 Å². The van der Waals surface area contributed by atoms with Crippen LogP contribution in [0.4, 0.5) is 26.3 Å². The third-order valence-electron chi connectivity index (χ3n) is 4.37. The van der Waals surface area contributed by atoms with Crippen LogP contribution in [-0.4, -0.2) is 16.9 Å². The minimum Gasteiger partial charge on any atom is -0.297 e. The van der Waals surface area contributed by atoms with Crippen molar-refractivity contribution in [3.63, 3.8) is 0 Å². The molecule has 0 aliphatic heterocycles. The SMILES string of the molecule is N#C[C@H](C(=O)[C@H]1CCCC[C@@H]1C(F)(F)F)c1ccc(C(F)(F)F)cn1. The summed E-state index contributed by atoms with van der Waals surface area (Å²) < 4.78 is 77.0. The van der Waals surface area contributed by atoms with Gasteiger partial charge in [-0.05, 0) is 25.0 Å². The molecule has 136 valence electrons. The first-order valence-corrected chi connectivity index (χ1v) is 7.59. The highest BCUT2D eigenvalue weighted by Gasteiger charge is 2.49. The highest BCUT2D eigenvalue weighted by Crippen LogP contribution is 2.43. The molecule has 1 fully saturated rings. The van der Waals surface area contributed by atoms with Gasteiger partial charge in [0, 0.05) is 12.1 Å². The zero-order valence-corrected chi connectivity index (χ0v) is 12.9. The van der Waals surface area contributed by atoms with Crippen LogP contribution in [0.15, 0.2) is 18.3 Å². The molecule has 0 spiro atoms. The van der Waals surface area contributed by atoms with E-state index in [1.807, 2.05) is 0 Å². The zero-order chi connectivity index (χ0) is 18.8. The third-order valence-corrected chi connectivity index (χ3v) is 4.37. The maximum absolute atomic E-state index is 13.1. The molecule has 1 heterocycles. The number of halogens is 6. The number of aromatic nitrogens is 1. The summed E-state index contributed by atoms with van der Waals surface area (Å²) in [7, 11) is 0. The number of pyridine rings is 1. The summed E-state index contributed by atoms with van der Waals surface area (Å²) in [6.45, 7) is 0. The second kappa shape index (κ2) is 7.02. The molecule has 25 heavy (non-hydrogen) atoms. The maximum atomic E-state index is 13.1. The van der Waals surface area contributed by atoms with E-state index in [9.17, 15) is 36.4 Å². The van der Waals surface area contributed by atoms with Crippen molar-refractivity contribution in [3.05, 3.63) is 29.6 Å². The number of hydrogen-bond acceptors (Lipinski definition) is 3. The number of alkyl halides is 6. The molecular weight excluding hydrogens is 350 g/mol. The van der Waals surface area contributed by atoms with Gasteiger partial charge < -0.3 is 0 Å². The molecule has 0 radical (unpaired) electrons. The second-order valence-corrected chi connectivity index (χ2v) is 5.97. The molecule has 1 saturated carbocycles. The molecule has 0 amide bonds. The fourth-order valence-electron chi connectivity index (χ4n) is 3.10. The Balaban J connectivity index is 2.27. The highest BCUT2D eigenvalue weighted by atomic mass is 19.4. The van der Waals surface area contributed by atoms with Gasteiger partial charge in [-0.3, -0.25) is 9.78 Å². The first-order valence-electron chi connectivity index (χ1n) is 7.59. The summed E-state index contributed by atoms with van der Waals surface area (Å²) in [6.07, 6.45) is -8.16. The van der Waals surface area contributed by atoms with Crippen LogP contribution in [0.2, 0.25) is 0 Å². The lowest BCUT2D eigenvalue weighted by Crippen LogP contribution is -2.39. The van der Waals surface area contributed by atoms with Crippen molar-refractivity contribution in [1.29, 1.82) is 5.26 Å². The minimum absolute atomic E-state index is 0.00181. The lowest BCUT2D eigenvalue weighted by atomic mass is 9.73. The molecule has 3 atom stereocenters. The smallest absolute Gasteiger partial charge is 0.297 e. The van der Waals surface area contributed by atoms with Gasteiger partial charge in [-0.1, -0.05) is 12.8 Å². The Hall–Kier alpha value is -2.11. The first kappa shape index (κ1) is 19.2. The molecule has 3 nitrogen and oxygen atoms in total. The summed E-state index contributed by atoms with van der Waals surface area (Å²) in [4.78, 5) is 16.0. The number of nitriles is 1. The molecule has 2 rings (SSSR count). The van der Waals surface area contributed by atoms with Gasteiger partial charge in [-0.2, -0.15) is 31.6 Å². The molecule has 0 saturated heterocycles. The second-order valence-electron chi connectivity index (χ2n) is 5.97. The molecule has 1 aromatic heterocycles. The van der Waals surface area contributed by atoms with Gasteiger partial charge in [0.15, 0.2) is 5.78 Å². The molecular formula is C16H14F6N2O. The van der Waals surface area contributed by atoms with Gasteiger partial charge in [0.2, 0.25) is 0 Å². The maximum Gasteiger partial charge on any atom is 0.417 e. The van der Waals surface area contributed by atoms with Crippen LogP contribution in [0.25, 0.3) is 0 Å². The van der Waals surface area contributed by atoms with E-state index in [0.717, 1.165) is 6.07 Å². The van der Waals surface area contributed by atoms with E-state index in [1.54, 1.807) is 6.07 Å². The van der Waals surface area contributed by atoms with Crippen molar-refractivity contribution >= 4 is 5.78 Å². The molecule has 1 aliphatic rings. The van der Waals surface area contributed by atoms with Gasteiger partial charge in [0.05, 0.1) is 23.2 Å². The van der Waals surface area contributed by atoms with E-state index in [4.69, 9.17) is 0 Å². The van der Waals surface area contributed by atoms with Crippen LogP contribution >= 0.6 is 0 Å². The van der Waals surface area contributed by atoms with Crippen molar-refractivity contribution < 1.29 is 31.1 Å². The van der Waals surface area contributed by atoms with Crippen LogP contribution in [0, 0.1) is 23.2 Å². The van der Waals surface area contributed by atoms with E-state index in [2.05, 4.69) is 4.98 Å². The zero-order valence-electron chi connectivity index (χ0n) is 12.9. The van der Waals surface area contributed by atoms with Crippen molar-refractivity contribution in [2.45, 2.75) is 44.0 Å². The lowest BCUT2D eigenvalue weighted by molar-refractivity contribution is -0.197. The van der Waals surface area contributed by atoms with Gasteiger partial charge >= 0.3 is 12.4 Å². The van der Waals surface area contributed by atoms with E-state index < -0.39 is 41.5 Å². The van der Waals surface area contributed by atoms with Gasteiger partial charge in [0.25, 0.3) is 0 Å². The average molecular weight is 364 g/mol. The number of Topliss-reactive ketones (excluding diaryl/α,β-unsaturated/α-hetero) is 1. The number of ketones is 1. The standard InChI is InChI=1S/C16H14F6N2O/c17-15(18,19)9-5-6-13(24-8-9)11(7-23)14(25)10-3-1-2-4-12(10)16(20,21)22/h5-6,8,10-12H,1-4H2/t10-,11-,12-/m0/s1. The number of nitrogens with zero attached hydrogens (tertiary/aromatic N) is 2. The van der Waals surface area contributed by atoms with Crippen LogP contribution in [0.1, 0.15) is 42.9 Å². The predicted molar refractivity (Wildman–Crippen MR) is 74.1 cm³/mol. The summed E-state index contributed by atoms with van der Waals surface area (Å²) >= 11 is 0. The normalized spacial score (nSPS) is 22.9. The van der Waals surface area contributed by atoms with E-state index in [-0.39, 0.29) is 18.5 Å². The quantitative estimate of drug-likeness (QED) is 0.734. The summed E-state index contributed by atoms with van der Waals surface area (Å²) in [5.41, 5.74) is -1.33. The fourth-order valence-corrected chi connectivity index (χ4v) is 3.10. The van der Waals surface area contributed by atoms with E-state index in [1.165, 1.54) is 0 Å². The molecule has 9 heteroatoms. The third kappa shape index (κ3) is 4.30. The topological polar surface area (TPSA) is 53.8 Å². The number of carbonyl (C=O) groups is 1. The van der Waals surface area contributed by atoms with Gasteiger partial charge in [-0.15, -0.1) is 0 Å². The average Bonchev–Trinajstić information content (AvgIpc) is 2.54. The molecule has 0 aromatic carbocycles. The summed E-state index contributed by atoms with van der Waals surface area (Å²) in [5.74, 6) is -5.76. The van der Waals surface area contributed by atoms with Crippen LogP contribution < -0.4 is 0 Å². The fraction of sp³-hybridized carbons (Fsp3) is 0.562. The first-order chi connectivity index (χ1) is 11.6. The molecule has 0 bridgehead atoms. The van der Waals surface area contributed by atoms with Crippen LogP contribution in [-0.2, 0) is 11.0 Å². The molecule has 1 aromatic rings. The van der Waals surface area contributed by atoms with Crippen molar-refractivity contribution in [1.82, 2.24) is 4.98 Å². The monoisotopic (exact) mass is 364 g/mol. The summed E-state index contributed by atoms with van der Waals surface area (Å²) in [5, 5.41) is 9.18. The Bertz CT molecular complexity index is 659. The minimum atomic E-state index is -4.64. The summed E-state index contributed by atoms with van der Waals surface area (Å²) in [6, 6.07) is 3.10. The Labute approximate surface area is 139 Å². The van der Waals surface area contributed by atoms with Crippen molar-refractivity contribution in [2.24, 2.45) is 11.8 Å². The Morgan fingerprint density at radius 1 is 1.16 bits per heavy atom. The Morgan fingerprint density at radius 3 is 2.28 bits per heavy atom. The van der Waals surface area contributed by atoms with E-state index >= 15 is 0 Å².